The SMILES string of the molecule is COc1ccc(CCC(S(=O)O)S(=O)O)cc1. The zero-order valence-electron chi connectivity index (χ0n) is 9.24. The summed E-state index contributed by atoms with van der Waals surface area (Å²) in [6.45, 7) is 0. The molecule has 2 unspecified atom stereocenters. The Balaban J connectivity index is 2.59. The van der Waals surface area contributed by atoms with Crippen molar-refractivity contribution in [2.24, 2.45) is 0 Å². The molecule has 1 aromatic rings. The van der Waals surface area contributed by atoms with Crippen molar-refractivity contribution in [1.82, 2.24) is 0 Å². The number of rotatable bonds is 6. The summed E-state index contributed by atoms with van der Waals surface area (Å²) in [6, 6.07) is 7.18. The summed E-state index contributed by atoms with van der Waals surface area (Å²) in [6.07, 6.45) is 0.645. The standard InChI is InChI=1S/C10H14O5S2/c1-15-9-5-2-8(3-6-9)4-7-10(16(11)12)17(13)14/h2-3,5-6,10H,4,7H2,1H3,(H,11,12)(H,13,14). The lowest BCUT2D eigenvalue weighted by Gasteiger charge is -2.08. The summed E-state index contributed by atoms with van der Waals surface area (Å²) in [5.41, 5.74) is 0.923. The Morgan fingerprint density at radius 1 is 1.18 bits per heavy atom. The minimum absolute atomic E-state index is 0.179. The average Bonchev–Trinajstić information content (AvgIpc) is 2.29. The van der Waals surface area contributed by atoms with Crippen LogP contribution in [0.3, 0.4) is 0 Å². The van der Waals surface area contributed by atoms with Crippen LogP contribution in [0.25, 0.3) is 0 Å². The highest BCUT2D eigenvalue weighted by Crippen LogP contribution is 2.15. The van der Waals surface area contributed by atoms with Gasteiger partial charge in [0, 0.05) is 0 Å². The summed E-state index contributed by atoms with van der Waals surface area (Å²) in [4.78, 5) is 0. The quantitative estimate of drug-likeness (QED) is 0.768. The smallest absolute Gasteiger partial charge is 0.171 e. The van der Waals surface area contributed by atoms with Crippen molar-refractivity contribution >= 4 is 22.2 Å². The molecule has 7 heteroatoms. The number of hydrogen-bond donors (Lipinski definition) is 2. The Bertz CT molecular complexity index is 390. The largest absolute Gasteiger partial charge is 0.497 e. The van der Waals surface area contributed by atoms with Gasteiger partial charge in [-0.1, -0.05) is 12.1 Å². The third kappa shape index (κ3) is 4.55. The van der Waals surface area contributed by atoms with Gasteiger partial charge in [0.15, 0.2) is 26.7 Å². The van der Waals surface area contributed by atoms with E-state index >= 15 is 0 Å². The Hall–Kier alpha value is -0.760. The fraction of sp³-hybridized carbons (Fsp3) is 0.400. The van der Waals surface area contributed by atoms with Gasteiger partial charge in [-0.2, -0.15) is 0 Å². The normalized spacial score (nSPS) is 16.2. The minimum Gasteiger partial charge on any atom is -0.497 e. The molecule has 5 nitrogen and oxygen atoms in total. The molecule has 2 N–H and O–H groups in total. The van der Waals surface area contributed by atoms with Gasteiger partial charge in [-0.15, -0.1) is 0 Å². The van der Waals surface area contributed by atoms with E-state index in [0.717, 1.165) is 11.3 Å². The molecule has 0 radical (unpaired) electrons. The highest BCUT2D eigenvalue weighted by molar-refractivity contribution is 7.97. The first-order valence-corrected chi connectivity index (χ1v) is 7.21. The van der Waals surface area contributed by atoms with Gasteiger partial charge >= 0.3 is 0 Å². The summed E-state index contributed by atoms with van der Waals surface area (Å²) in [5, 5.41) is 0. The van der Waals surface area contributed by atoms with Gasteiger partial charge < -0.3 is 13.8 Å². The Morgan fingerprint density at radius 3 is 2.12 bits per heavy atom. The molecule has 0 aromatic heterocycles. The lowest BCUT2D eigenvalue weighted by atomic mass is 10.1. The van der Waals surface area contributed by atoms with Crippen LogP contribution in [0.2, 0.25) is 0 Å². The molecular weight excluding hydrogens is 264 g/mol. The van der Waals surface area contributed by atoms with E-state index < -0.39 is 26.7 Å². The highest BCUT2D eigenvalue weighted by Gasteiger charge is 2.21. The zero-order chi connectivity index (χ0) is 12.8. The van der Waals surface area contributed by atoms with E-state index in [9.17, 15) is 8.42 Å². The van der Waals surface area contributed by atoms with Gasteiger partial charge in [0.1, 0.15) is 5.75 Å². The molecule has 17 heavy (non-hydrogen) atoms. The Kier molecular flexibility index (Phi) is 5.76. The molecule has 0 aliphatic carbocycles. The third-order valence-corrected chi connectivity index (χ3v) is 4.64. The molecule has 0 bridgehead atoms. The van der Waals surface area contributed by atoms with Crippen LogP contribution in [0.15, 0.2) is 24.3 Å². The molecule has 0 amide bonds. The number of methoxy groups -OCH3 is 1. The second-order valence-electron chi connectivity index (χ2n) is 3.37. The van der Waals surface area contributed by atoms with E-state index in [1.165, 1.54) is 0 Å². The second kappa shape index (κ2) is 6.85. The molecule has 96 valence electrons. The maximum absolute atomic E-state index is 10.8. The molecule has 1 rings (SSSR count). The van der Waals surface area contributed by atoms with Gasteiger partial charge in [-0.3, -0.25) is 0 Å². The monoisotopic (exact) mass is 278 g/mol. The van der Waals surface area contributed by atoms with Crippen molar-refractivity contribution in [1.29, 1.82) is 0 Å². The van der Waals surface area contributed by atoms with Crippen LogP contribution in [0, 0.1) is 0 Å². The van der Waals surface area contributed by atoms with E-state index in [1.54, 1.807) is 19.2 Å². The van der Waals surface area contributed by atoms with Crippen LogP contribution in [-0.2, 0) is 28.6 Å². The topological polar surface area (TPSA) is 83.8 Å². The van der Waals surface area contributed by atoms with Crippen molar-refractivity contribution in [3.8, 4) is 5.75 Å². The maximum Gasteiger partial charge on any atom is 0.171 e. The van der Waals surface area contributed by atoms with E-state index in [1.807, 2.05) is 12.1 Å². The predicted octanol–water partition coefficient (Wildman–Crippen LogP) is 1.40. The molecule has 0 fully saturated rings. The molecule has 0 aliphatic rings. The molecule has 0 saturated heterocycles. The molecule has 0 aliphatic heterocycles. The van der Waals surface area contributed by atoms with Gasteiger partial charge in [-0.25, -0.2) is 8.42 Å². The number of hydrogen-bond acceptors (Lipinski definition) is 3. The number of ether oxygens (including phenoxy) is 1. The van der Waals surface area contributed by atoms with Crippen molar-refractivity contribution in [2.75, 3.05) is 7.11 Å². The molecular formula is C10H14O5S2. The molecule has 0 saturated carbocycles. The van der Waals surface area contributed by atoms with Crippen LogP contribution in [-0.4, -0.2) is 29.2 Å². The van der Waals surface area contributed by atoms with Gasteiger partial charge in [-0.05, 0) is 30.5 Å². The van der Waals surface area contributed by atoms with Crippen molar-refractivity contribution in [3.63, 3.8) is 0 Å². The Morgan fingerprint density at radius 2 is 1.71 bits per heavy atom. The van der Waals surface area contributed by atoms with E-state index in [4.69, 9.17) is 13.8 Å². The summed E-state index contributed by atoms with van der Waals surface area (Å²) in [7, 11) is 1.56. The first-order chi connectivity index (χ1) is 8.04. The second-order valence-corrected chi connectivity index (χ2v) is 5.91. The lowest BCUT2D eigenvalue weighted by Crippen LogP contribution is -2.20. The van der Waals surface area contributed by atoms with Crippen LogP contribution < -0.4 is 4.74 Å². The maximum atomic E-state index is 10.8. The van der Waals surface area contributed by atoms with Crippen molar-refractivity contribution < 1.29 is 22.3 Å². The lowest BCUT2D eigenvalue weighted by molar-refractivity contribution is 0.414. The van der Waals surface area contributed by atoms with Gasteiger partial charge in [0.2, 0.25) is 0 Å². The van der Waals surface area contributed by atoms with Crippen LogP contribution in [0.1, 0.15) is 12.0 Å². The van der Waals surface area contributed by atoms with Crippen LogP contribution in [0.5, 0.6) is 5.75 Å². The minimum atomic E-state index is -2.29. The van der Waals surface area contributed by atoms with Crippen LogP contribution in [0.4, 0.5) is 0 Å². The fourth-order valence-electron chi connectivity index (χ4n) is 1.35. The van der Waals surface area contributed by atoms with E-state index in [-0.39, 0.29) is 6.42 Å². The van der Waals surface area contributed by atoms with Gasteiger partial charge in [0.25, 0.3) is 0 Å². The number of aryl methyl sites for hydroxylation is 1. The first-order valence-electron chi connectivity index (χ1n) is 4.87. The molecule has 2 atom stereocenters. The third-order valence-electron chi connectivity index (χ3n) is 2.28. The highest BCUT2D eigenvalue weighted by atomic mass is 32.3. The van der Waals surface area contributed by atoms with E-state index in [2.05, 4.69) is 0 Å². The summed E-state index contributed by atoms with van der Waals surface area (Å²) >= 11 is -4.58. The number of benzene rings is 1. The first kappa shape index (κ1) is 14.3. The van der Waals surface area contributed by atoms with E-state index in [0.29, 0.717) is 6.42 Å². The molecule has 1 aromatic carbocycles. The average molecular weight is 278 g/mol. The fourth-order valence-corrected chi connectivity index (χ4v) is 2.55. The van der Waals surface area contributed by atoms with Crippen molar-refractivity contribution in [3.05, 3.63) is 29.8 Å². The van der Waals surface area contributed by atoms with Gasteiger partial charge in [0.05, 0.1) is 7.11 Å². The zero-order valence-corrected chi connectivity index (χ0v) is 10.9. The Labute approximate surface area is 105 Å². The summed E-state index contributed by atoms with van der Waals surface area (Å²) in [5.74, 6) is 0.724. The van der Waals surface area contributed by atoms with Crippen LogP contribution >= 0.6 is 0 Å². The van der Waals surface area contributed by atoms with Crippen molar-refractivity contribution in [2.45, 2.75) is 17.4 Å². The predicted molar refractivity (Wildman–Crippen MR) is 66.6 cm³/mol. The molecule has 0 spiro atoms. The summed E-state index contributed by atoms with van der Waals surface area (Å²) < 4.78 is 43.2. The molecule has 0 heterocycles.